The van der Waals surface area contributed by atoms with Gasteiger partial charge in [0.2, 0.25) is 5.88 Å². The van der Waals surface area contributed by atoms with E-state index in [-0.39, 0.29) is 6.10 Å². The Hall–Kier alpha value is -1.13. The smallest absolute Gasteiger partial charge is 0.217 e. The molecule has 1 N–H and O–H groups in total. The van der Waals surface area contributed by atoms with E-state index in [1.54, 1.807) is 6.20 Å². The van der Waals surface area contributed by atoms with E-state index in [4.69, 9.17) is 9.47 Å². The normalized spacial score (nSPS) is 19.0. The van der Waals surface area contributed by atoms with Gasteiger partial charge in [0.25, 0.3) is 0 Å². The Labute approximate surface area is 115 Å². The SMILES string of the molecule is CC(C)CNCc1cccnc1OCC1CCCO1. The first-order valence-corrected chi connectivity index (χ1v) is 7.14. The summed E-state index contributed by atoms with van der Waals surface area (Å²) in [4.78, 5) is 4.32. The molecule has 1 saturated heterocycles. The Morgan fingerprint density at radius 3 is 3.16 bits per heavy atom. The third-order valence-electron chi connectivity index (χ3n) is 3.15. The van der Waals surface area contributed by atoms with E-state index in [0.29, 0.717) is 12.5 Å². The first-order valence-electron chi connectivity index (χ1n) is 7.14. The molecule has 0 aromatic carbocycles. The van der Waals surface area contributed by atoms with Crippen LogP contribution in [0.3, 0.4) is 0 Å². The van der Waals surface area contributed by atoms with Crippen molar-refractivity contribution in [2.75, 3.05) is 19.8 Å². The molecule has 0 radical (unpaired) electrons. The van der Waals surface area contributed by atoms with Gasteiger partial charge in [-0.1, -0.05) is 19.9 Å². The first-order chi connectivity index (χ1) is 9.25. The van der Waals surface area contributed by atoms with E-state index >= 15 is 0 Å². The fourth-order valence-corrected chi connectivity index (χ4v) is 2.13. The summed E-state index contributed by atoms with van der Waals surface area (Å²) in [6.07, 6.45) is 4.24. The average molecular weight is 264 g/mol. The molecule has 106 valence electrons. The minimum absolute atomic E-state index is 0.235. The number of aromatic nitrogens is 1. The average Bonchev–Trinajstić information content (AvgIpc) is 2.90. The van der Waals surface area contributed by atoms with Crippen LogP contribution in [0.4, 0.5) is 0 Å². The molecule has 1 unspecified atom stereocenters. The number of hydrogen-bond acceptors (Lipinski definition) is 4. The lowest BCUT2D eigenvalue weighted by molar-refractivity contribution is 0.0659. The Kier molecular flexibility index (Phi) is 5.61. The monoisotopic (exact) mass is 264 g/mol. The predicted molar refractivity (Wildman–Crippen MR) is 75.3 cm³/mol. The summed E-state index contributed by atoms with van der Waals surface area (Å²) in [7, 11) is 0. The summed E-state index contributed by atoms with van der Waals surface area (Å²) in [5.74, 6) is 1.38. The molecule has 4 nitrogen and oxygen atoms in total. The molecule has 4 heteroatoms. The number of ether oxygens (including phenoxy) is 2. The van der Waals surface area contributed by atoms with E-state index in [0.717, 1.165) is 44.0 Å². The highest BCUT2D eigenvalue weighted by atomic mass is 16.5. The Balaban J connectivity index is 1.84. The molecule has 1 aromatic heterocycles. The number of hydrogen-bond donors (Lipinski definition) is 1. The van der Waals surface area contributed by atoms with Crippen LogP contribution in [-0.4, -0.2) is 30.8 Å². The molecule has 2 rings (SSSR count). The van der Waals surface area contributed by atoms with Crippen LogP contribution in [0, 0.1) is 5.92 Å². The van der Waals surface area contributed by atoms with Crippen LogP contribution in [0.15, 0.2) is 18.3 Å². The number of rotatable bonds is 7. The summed E-state index contributed by atoms with van der Waals surface area (Å²) in [6.45, 7) is 7.66. The zero-order valence-corrected chi connectivity index (χ0v) is 11.9. The molecule has 2 heterocycles. The molecule has 1 atom stereocenters. The number of nitrogens with zero attached hydrogens (tertiary/aromatic N) is 1. The fraction of sp³-hybridized carbons (Fsp3) is 0.667. The minimum atomic E-state index is 0.235. The largest absolute Gasteiger partial charge is 0.475 e. The Bertz CT molecular complexity index is 376. The maximum Gasteiger partial charge on any atom is 0.217 e. The zero-order chi connectivity index (χ0) is 13.5. The van der Waals surface area contributed by atoms with E-state index in [1.165, 1.54) is 0 Å². The van der Waals surface area contributed by atoms with Gasteiger partial charge >= 0.3 is 0 Å². The molecular formula is C15H24N2O2. The lowest BCUT2D eigenvalue weighted by Gasteiger charge is -2.14. The second-order valence-corrected chi connectivity index (χ2v) is 5.44. The standard InChI is InChI=1S/C15H24N2O2/c1-12(2)9-16-10-13-5-3-7-17-15(13)19-11-14-6-4-8-18-14/h3,5,7,12,14,16H,4,6,8-11H2,1-2H3. The molecule has 1 aromatic rings. The molecule has 1 aliphatic rings. The first kappa shape index (κ1) is 14.3. The van der Waals surface area contributed by atoms with Crippen molar-refractivity contribution in [3.05, 3.63) is 23.9 Å². The van der Waals surface area contributed by atoms with Crippen molar-refractivity contribution in [1.82, 2.24) is 10.3 Å². The van der Waals surface area contributed by atoms with Crippen LogP contribution < -0.4 is 10.1 Å². The molecule has 0 bridgehead atoms. The summed E-state index contributed by atoms with van der Waals surface area (Å²) < 4.78 is 11.4. The molecule has 0 aliphatic carbocycles. The van der Waals surface area contributed by atoms with Crippen molar-refractivity contribution in [3.63, 3.8) is 0 Å². The molecule has 1 fully saturated rings. The second-order valence-electron chi connectivity index (χ2n) is 5.44. The summed E-state index contributed by atoms with van der Waals surface area (Å²) in [6, 6.07) is 4.01. The lowest BCUT2D eigenvalue weighted by Crippen LogP contribution is -2.21. The van der Waals surface area contributed by atoms with Gasteiger partial charge in [0.1, 0.15) is 6.61 Å². The van der Waals surface area contributed by atoms with Gasteiger partial charge in [-0.15, -0.1) is 0 Å². The van der Waals surface area contributed by atoms with Gasteiger partial charge in [-0.25, -0.2) is 4.98 Å². The van der Waals surface area contributed by atoms with Crippen molar-refractivity contribution in [3.8, 4) is 5.88 Å². The molecule has 0 spiro atoms. The lowest BCUT2D eigenvalue weighted by atomic mass is 10.2. The van der Waals surface area contributed by atoms with Gasteiger partial charge < -0.3 is 14.8 Å². The van der Waals surface area contributed by atoms with Gasteiger partial charge in [0.05, 0.1) is 6.10 Å². The van der Waals surface area contributed by atoms with Crippen LogP contribution in [0.5, 0.6) is 5.88 Å². The molecule has 19 heavy (non-hydrogen) atoms. The summed E-state index contributed by atoms with van der Waals surface area (Å²) in [5, 5.41) is 3.42. The highest BCUT2D eigenvalue weighted by Gasteiger charge is 2.17. The van der Waals surface area contributed by atoms with Crippen LogP contribution in [0.2, 0.25) is 0 Å². The second kappa shape index (κ2) is 7.46. The third kappa shape index (κ3) is 4.80. The van der Waals surface area contributed by atoms with Gasteiger partial charge in [0.15, 0.2) is 0 Å². The maximum absolute atomic E-state index is 5.80. The van der Waals surface area contributed by atoms with Crippen molar-refractivity contribution in [1.29, 1.82) is 0 Å². The van der Waals surface area contributed by atoms with Crippen molar-refractivity contribution in [2.45, 2.75) is 39.3 Å². The van der Waals surface area contributed by atoms with Gasteiger partial charge in [-0.2, -0.15) is 0 Å². The van der Waals surface area contributed by atoms with Crippen LogP contribution in [0.1, 0.15) is 32.3 Å². The molecule has 0 amide bonds. The fourth-order valence-electron chi connectivity index (χ4n) is 2.13. The highest BCUT2D eigenvalue weighted by Crippen LogP contribution is 2.17. The Morgan fingerprint density at radius 2 is 2.42 bits per heavy atom. The summed E-state index contributed by atoms with van der Waals surface area (Å²) in [5.41, 5.74) is 1.11. The molecule has 1 aliphatic heterocycles. The third-order valence-corrected chi connectivity index (χ3v) is 3.15. The highest BCUT2D eigenvalue weighted by molar-refractivity contribution is 5.25. The van der Waals surface area contributed by atoms with Crippen LogP contribution >= 0.6 is 0 Å². The number of nitrogens with one attached hydrogen (secondary N) is 1. The molecule has 0 saturated carbocycles. The van der Waals surface area contributed by atoms with E-state index < -0.39 is 0 Å². The van der Waals surface area contributed by atoms with Crippen molar-refractivity contribution < 1.29 is 9.47 Å². The maximum atomic E-state index is 5.80. The van der Waals surface area contributed by atoms with E-state index in [1.807, 2.05) is 6.07 Å². The minimum Gasteiger partial charge on any atom is -0.475 e. The topological polar surface area (TPSA) is 43.4 Å². The van der Waals surface area contributed by atoms with Crippen molar-refractivity contribution in [2.24, 2.45) is 5.92 Å². The quantitative estimate of drug-likeness (QED) is 0.821. The van der Waals surface area contributed by atoms with Crippen LogP contribution in [-0.2, 0) is 11.3 Å². The molecular weight excluding hydrogens is 240 g/mol. The van der Waals surface area contributed by atoms with Gasteiger partial charge in [-0.3, -0.25) is 0 Å². The van der Waals surface area contributed by atoms with Crippen molar-refractivity contribution >= 4 is 0 Å². The zero-order valence-electron chi connectivity index (χ0n) is 11.9. The predicted octanol–water partition coefficient (Wildman–Crippen LogP) is 2.39. The Morgan fingerprint density at radius 1 is 1.53 bits per heavy atom. The van der Waals surface area contributed by atoms with E-state index in [2.05, 4.69) is 30.2 Å². The van der Waals surface area contributed by atoms with Gasteiger partial charge in [0, 0.05) is 24.9 Å². The number of pyridine rings is 1. The van der Waals surface area contributed by atoms with E-state index in [9.17, 15) is 0 Å². The van der Waals surface area contributed by atoms with Gasteiger partial charge in [-0.05, 0) is 31.4 Å². The van der Waals surface area contributed by atoms with Crippen LogP contribution in [0.25, 0.3) is 0 Å². The summed E-state index contributed by atoms with van der Waals surface area (Å²) >= 11 is 0.